The molecule has 0 aromatic heterocycles. The Labute approximate surface area is 127 Å². The molecule has 2 atom stereocenters. The van der Waals surface area contributed by atoms with E-state index in [0.29, 0.717) is 16.1 Å². The van der Waals surface area contributed by atoms with Crippen molar-refractivity contribution in [2.45, 2.75) is 10.2 Å². The standard InChI is InChI=1S/C10H10Br2ClNO2S/c11-5-6(12)9(17)14-10(15)16-8-4-2-1-3-7(8)13/h1-4,6,9,17H,5H2,(H,14,15). The summed E-state index contributed by atoms with van der Waals surface area (Å²) in [6.45, 7) is 0. The van der Waals surface area contributed by atoms with E-state index < -0.39 is 6.09 Å². The molecular formula is C10H10Br2ClNO2S. The van der Waals surface area contributed by atoms with E-state index in [4.69, 9.17) is 16.3 Å². The number of ether oxygens (including phenoxy) is 1. The molecule has 7 heteroatoms. The fraction of sp³-hybridized carbons (Fsp3) is 0.300. The summed E-state index contributed by atoms with van der Waals surface area (Å²) in [6.07, 6.45) is -0.594. The van der Waals surface area contributed by atoms with Crippen LogP contribution in [-0.2, 0) is 0 Å². The van der Waals surface area contributed by atoms with Gasteiger partial charge in [-0.05, 0) is 12.1 Å². The number of thiol groups is 1. The van der Waals surface area contributed by atoms with E-state index in [1.807, 2.05) is 0 Å². The topological polar surface area (TPSA) is 38.3 Å². The molecule has 0 aliphatic heterocycles. The van der Waals surface area contributed by atoms with Gasteiger partial charge in [-0.2, -0.15) is 12.6 Å². The van der Waals surface area contributed by atoms with E-state index in [1.165, 1.54) is 0 Å². The Hall–Kier alpha value is 0.0900. The zero-order valence-electron chi connectivity index (χ0n) is 8.57. The number of benzene rings is 1. The van der Waals surface area contributed by atoms with Crippen LogP contribution in [0.15, 0.2) is 24.3 Å². The Morgan fingerprint density at radius 3 is 2.76 bits per heavy atom. The van der Waals surface area contributed by atoms with Crippen LogP contribution < -0.4 is 10.1 Å². The van der Waals surface area contributed by atoms with Crippen molar-refractivity contribution < 1.29 is 9.53 Å². The van der Waals surface area contributed by atoms with Crippen LogP contribution in [0.25, 0.3) is 0 Å². The normalized spacial score (nSPS) is 13.9. The molecule has 0 saturated heterocycles. The number of hydrogen-bond donors (Lipinski definition) is 2. The lowest BCUT2D eigenvalue weighted by Gasteiger charge is -2.16. The van der Waals surface area contributed by atoms with E-state index in [2.05, 4.69) is 49.8 Å². The fourth-order valence-electron chi connectivity index (χ4n) is 0.952. The second-order valence-corrected chi connectivity index (χ2v) is 5.87. The lowest BCUT2D eigenvalue weighted by molar-refractivity contribution is 0.200. The molecular weight excluding hydrogens is 393 g/mol. The van der Waals surface area contributed by atoms with Gasteiger partial charge in [0, 0.05) is 5.33 Å². The first-order valence-corrected chi connectivity index (χ1v) is 7.58. The van der Waals surface area contributed by atoms with Crippen molar-refractivity contribution >= 4 is 62.2 Å². The predicted octanol–water partition coefficient (Wildman–Crippen LogP) is 3.84. The average molecular weight is 404 g/mol. The minimum atomic E-state index is -0.594. The van der Waals surface area contributed by atoms with Crippen molar-refractivity contribution in [1.82, 2.24) is 5.32 Å². The zero-order chi connectivity index (χ0) is 12.8. The third-order valence-electron chi connectivity index (χ3n) is 1.80. The Morgan fingerprint density at radius 2 is 2.18 bits per heavy atom. The monoisotopic (exact) mass is 401 g/mol. The number of amides is 1. The summed E-state index contributed by atoms with van der Waals surface area (Å²) in [5.41, 5.74) is 0. The van der Waals surface area contributed by atoms with Crippen molar-refractivity contribution in [1.29, 1.82) is 0 Å². The van der Waals surface area contributed by atoms with Crippen molar-refractivity contribution in [2.75, 3.05) is 5.33 Å². The second kappa shape index (κ2) is 7.51. The maximum absolute atomic E-state index is 11.5. The van der Waals surface area contributed by atoms with Crippen LogP contribution in [0.2, 0.25) is 5.02 Å². The molecule has 1 amide bonds. The highest BCUT2D eigenvalue weighted by atomic mass is 79.9. The van der Waals surface area contributed by atoms with E-state index >= 15 is 0 Å². The molecule has 1 rings (SSSR count). The van der Waals surface area contributed by atoms with Gasteiger partial charge in [-0.15, -0.1) is 0 Å². The molecule has 0 aliphatic rings. The van der Waals surface area contributed by atoms with Crippen molar-refractivity contribution in [3.8, 4) is 5.75 Å². The Balaban J connectivity index is 2.53. The van der Waals surface area contributed by atoms with E-state index in [-0.39, 0.29) is 10.2 Å². The minimum Gasteiger partial charge on any atom is -0.409 e. The van der Waals surface area contributed by atoms with Gasteiger partial charge in [0.2, 0.25) is 0 Å². The molecule has 17 heavy (non-hydrogen) atoms. The van der Waals surface area contributed by atoms with Crippen LogP contribution in [0.3, 0.4) is 0 Å². The number of rotatable bonds is 4. The molecule has 0 heterocycles. The Bertz CT molecular complexity index is 394. The summed E-state index contributed by atoms with van der Waals surface area (Å²) < 4.78 is 5.04. The molecule has 0 radical (unpaired) electrons. The van der Waals surface area contributed by atoms with Crippen molar-refractivity contribution in [3.63, 3.8) is 0 Å². The summed E-state index contributed by atoms with van der Waals surface area (Å²) in [4.78, 5) is 11.5. The largest absolute Gasteiger partial charge is 0.413 e. The maximum Gasteiger partial charge on any atom is 0.413 e. The number of alkyl halides is 2. The Kier molecular flexibility index (Phi) is 6.69. The summed E-state index contributed by atoms with van der Waals surface area (Å²) in [7, 11) is 0. The molecule has 0 bridgehead atoms. The van der Waals surface area contributed by atoms with Crippen LogP contribution >= 0.6 is 56.1 Å². The second-order valence-electron chi connectivity index (χ2n) is 3.08. The van der Waals surface area contributed by atoms with Crippen LogP contribution in [-0.4, -0.2) is 21.6 Å². The molecule has 1 aromatic carbocycles. The van der Waals surface area contributed by atoms with Gasteiger partial charge < -0.3 is 10.1 Å². The molecule has 0 saturated carbocycles. The smallest absolute Gasteiger partial charge is 0.409 e. The molecule has 3 nitrogen and oxygen atoms in total. The zero-order valence-corrected chi connectivity index (χ0v) is 13.4. The third-order valence-corrected chi connectivity index (χ3v) is 5.42. The summed E-state index contributed by atoms with van der Waals surface area (Å²) in [5, 5.41) is 3.26. The van der Waals surface area contributed by atoms with Gasteiger partial charge in [0.25, 0.3) is 0 Å². The molecule has 1 aromatic rings. The first-order valence-electron chi connectivity index (χ1n) is 4.65. The van der Waals surface area contributed by atoms with Gasteiger partial charge in [-0.3, -0.25) is 0 Å². The lowest BCUT2D eigenvalue weighted by atomic mass is 10.3. The van der Waals surface area contributed by atoms with Crippen molar-refractivity contribution in [2.24, 2.45) is 0 Å². The van der Waals surface area contributed by atoms with Crippen LogP contribution in [0.1, 0.15) is 0 Å². The molecule has 0 spiro atoms. The molecule has 1 N–H and O–H groups in total. The van der Waals surface area contributed by atoms with Crippen molar-refractivity contribution in [3.05, 3.63) is 29.3 Å². The number of nitrogens with one attached hydrogen (secondary N) is 1. The summed E-state index contributed by atoms with van der Waals surface area (Å²) >= 11 is 16.7. The van der Waals surface area contributed by atoms with E-state index in [1.54, 1.807) is 24.3 Å². The van der Waals surface area contributed by atoms with E-state index in [9.17, 15) is 4.79 Å². The predicted molar refractivity (Wildman–Crippen MR) is 79.9 cm³/mol. The highest BCUT2D eigenvalue weighted by Crippen LogP contribution is 2.23. The van der Waals surface area contributed by atoms with E-state index in [0.717, 1.165) is 0 Å². The van der Waals surface area contributed by atoms with Gasteiger partial charge >= 0.3 is 6.09 Å². The van der Waals surface area contributed by atoms with Crippen LogP contribution in [0, 0.1) is 0 Å². The summed E-state index contributed by atoms with van der Waals surface area (Å²) in [6, 6.07) is 6.76. The first-order chi connectivity index (χ1) is 8.04. The highest BCUT2D eigenvalue weighted by Gasteiger charge is 2.17. The van der Waals surface area contributed by atoms with Gasteiger partial charge in [-0.25, -0.2) is 4.79 Å². The quantitative estimate of drug-likeness (QED) is 0.455. The number of carbonyl (C=O) groups is 1. The van der Waals surface area contributed by atoms with Gasteiger partial charge in [0.1, 0.15) is 0 Å². The first kappa shape index (κ1) is 15.1. The van der Waals surface area contributed by atoms with Crippen LogP contribution in [0.5, 0.6) is 5.75 Å². The van der Waals surface area contributed by atoms with Gasteiger partial charge in [-0.1, -0.05) is 55.6 Å². The number of halogens is 3. The van der Waals surface area contributed by atoms with Gasteiger partial charge in [0.05, 0.1) is 15.2 Å². The number of para-hydroxylation sites is 1. The number of carbonyl (C=O) groups excluding carboxylic acids is 1. The Morgan fingerprint density at radius 1 is 1.53 bits per heavy atom. The molecule has 0 fully saturated rings. The minimum absolute atomic E-state index is 0.00429. The maximum atomic E-state index is 11.5. The average Bonchev–Trinajstić information content (AvgIpc) is 2.31. The molecule has 94 valence electrons. The summed E-state index contributed by atoms with van der Waals surface area (Å²) in [5.74, 6) is 0.317. The van der Waals surface area contributed by atoms with Crippen LogP contribution in [0.4, 0.5) is 4.79 Å². The molecule has 0 aliphatic carbocycles. The lowest BCUT2D eigenvalue weighted by Crippen LogP contribution is -2.39. The third kappa shape index (κ3) is 5.07. The van der Waals surface area contributed by atoms with Gasteiger partial charge in [0.15, 0.2) is 5.75 Å². The SMILES string of the molecule is O=C(NC(S)C(Br)CBr)Oc1ccccc1Cl. The fourth-order valence-corrected chi connectivity index (χ4v) is 2.13. The number of hydrogen-bond acceptors (Lipinski definition) is 3. The highest BCUT2D eigenvalue weighted by molar-refractivity contribution is 9.12. The molecule has 2 unspecified atom stereocenters.